The Morgan fingerprint density at radius 3 is 2.12 bits per heavy atom. The Hall–Kier alpha value is -0.520. The van der Waals surface area contributed by atoms with Gasteiger partial charge in [0.05, 0.1) is 0 Å². The zero-order chi connectivity index (χ0) is 13.3. The molecular weight excluding hydrogens is 204 g/mol. The first kappa shape index (κ1) is 16.5. The van der Waals surface area contributed by atoms with Crippen molar-refractivity contribution in [1.29, 1.82) is 0 Å². The average Bonchev–Trinajstić information content (AvgIpc) is 2.34. The first-order valence-corrected chi connectivity index (χ1v) is 7.32. The predicted octanol–water partition coefficient (Wildman–Crippen LogP) is 6.14. The van der Waals surface area contributed by atoms with Crippen molar-refractivity contribution >= 4 is 0 Å². The van der Waals surface area contributed by atoms with E-state index in [4.69, 9.17) is 0 Å². The number of rotatable bonds is 8. The minimum atomic E-state index is 0.822. The van der Waals surface area contributed by atoms with E-state index >= 15 is 0 Å². The maximum Gasteiger partial charge on any atom is -0.0288 e. The molecule has 0 radical (unpaired) electrons. The van der Waals surface area contributed by atoms with Crippen molar-refractivity contribution in [2.24, 2.45) is 11.8 Å². The van der Waals surface area contributed by atoms with Gasteiger partial charge in [-0.25, -0.2) is 0 Å². The third-order valence-electron chi connectivity index (χ3n) is 4.04. The lowest BCUT2D eigenvalue weighted by Crippen LogP contribution is -2.05. The van der Waals surface area contributed by atoms with Gasteiger partial charge in [0, 0.05) is 0 Å². The fourth-order valence-corrected chi connectivity index (χ4v) is 1.81. The van der Waals surface area contributed by atoms with Crippen molar-refractivity contribution in [2.75, 3.05) is 0 Å². The molecule has 17 heavy (non-hydrogen) atoms. The van der Waals surface area contributed by atoms with Crippen molar-refractivity contribution in [1.82, 2.24) is 0 Å². The van der Waals surface area contributed by atoms with Gasteiger partial charge >= 0.3 is 0 Å². The highest BCUT2D eigenvalue weighted by Crippen LogP contribution is 2.20. The van der Waals surface area contributed by atoms with E-state index < -0.39 is 0 Å². The van der Waals surface area contributed by atoms with Crippen LogP contribution in [0, 0.1) is 11.8 Å². The highest BCUT2D eigenvalue weighted by Gasteiger charge is 2.07. The Kier molecular flexibility index (Phi) is 9.21. The molecule has 0 heterocycles. The molecule has 0 heteroatoms. The number of allylic oxidation sites excluding steroid dienone is 4. The molecule has 0 amide bonds. The van der Waals surface area contributed by atoms with E-state index in [2.05, 4.69) is 53.7 Å². The van der Waals surface area contributed by atoms with Crippen molar-refractivity contribution < 1.29 is 0 Å². The quantitative estimate of drug-likeness (QED) is 0.444. The molecule has 0 nitrogen and oxygen atoms in total. The Morgan fingerprint density at radius 1 is 0.941 bits per heavy atom. The van der Waals surface area contributed by atoms with Crippen molar-refractivity contribution in [3.8, 4) is 0 Å². The first-order chi connectivity index (χ1) is 8.01. The van der Waals surface area contributed by atoms with Crippen LogP contribution in [0.5, 0.6) is 0 Å². The molecule has 0 fully saturated rings. The summed E-state index contributed by atoms with van der Waals surface area (Å²) < 4.78 is 0. The van der Waals surface area contributed by atoms with Gasteiger partial charge in [-0.05, 0) is 51.4 Å². The molecule has 0 aromatic carbocycles. The van der Waals surface area contributed by atoms with Gasteiger partial charge < -0.3 is 0 Å². The Labute approximate surface area is 109 Å². The topological polar surface area (TPSA) is 0 Å². The molecule has 2 atom stereocenters. The Balaban J connectivity index is 3.94. The third kappa shape index (κ3) is 8.24. The molecule has 0 bridgehead atoms. The van der Waals surface area contributed by atoms with Crippen LogP contribution in [0.1, 0.15) is 73.6 Å². The fraction of sp³-hybridized carbons (Fsp3) is 0.765. The van der Waals surface area contributed by atoms with Gasteiger partial charge in [0.1, 0.15) is 0 Å². The average molecular weight is 236 g/mol. The van der Waals surface area contributed by atoms with Crippen LogP contribution < -0.4 is 0 Å². The van der Waals surface area contributed by atoms with Gasteiger partial charge in [-0.1, -0.05) is 57.4 Å². The summed E-state index contributed by atoms with van der Waals surface area (Å²) in [6.45, 7) is 13.8. The Bertz CT molecular complexity index is 245. The van der Waals surface area contributed by atoms with Crippen LogP contribution >= 0.6 is 0 Å². The summed E-state index contributed by atoms with van der Waals surface area (Å²) in [5, 5.41) is 0. The molecule has 100 valence electrons. The van der Waals surface area contributed by atoms with Gasteiger partial charge in [0.15, 0.2) is 0 Å². The van der Waals surface area contributed by atoms with E-state index in [-0.39, 0.29) is 0 Å². The Morgan fingerprint density at radius 2 is 1.59 bits per heavy atom. The SMILES string of the molecule is CC/C(C)=C\CC/C(C)=C/CC(C)C(C)CC. The second-order valence-corrected chi connectivity index (χ2v) is 5.59. The standard InChI is InChI=1S/C17H32/c1-7-14(3)10-9-11-15(4)12-13-17(6)16(5)8-2/h10,12,16-17H,7-9,11,13H2,1-6H3/b14-10-,15-12+. The van der Waals surface area contributed by atoms with Crippen molar-refractivity contribution in [3.63, 3.8) is 0 Å². The lowest BCUT2D eigenvalue weighted by molar-refractivity contribution is 0.380. The minimum Gasteiger partial charge on any atom is -0.0853 e. The molecular formula is C17H32. The molecule has 0 aromatic heterocycles. The minimum absolute atomic E-state index is 0.822. The summed E-state index contributed by atoms with van der Waals surface area (Å²) in [6, 6.07) is 0. The van der Waals surface area contributed by atoms with Crippen LogP contribution in [0.3, 0.4) is 0 Å². The van der Waals surface area contributed by atoms with E-state index in [1.165, 1.54) is 37.7 Å². The maximum atomic E-state index is 2.45. The molecule has 0 aliphatic rings. The lowest BCUT2D eigenvalue weighted by atomic mass is 9.90. The van der Waals surface area contributed by atoms with Gasteiger partial charge in [0.2, 0.25) is 0 Å². The molecule has 2 unspecified atom stereocenters. The largest absolute Gasteiger partial charge is 0.0853 e. The van der Waals surface area contributed by atoms with E-state index in [1.807, 2.05) is 0 Å². The summed E-state index contributed by atoms with van der Waals surface area (Å²) in [5.41, 5.74) is 3.08. The number of hydrogen-bond acceptors (Lipinski definition) is 0. The van der Waals surface area contributed by atoms with E-state index in [1.54, 1.807) is 5.57 Å². The molecule has 0 aliphatic carbocycles. The molecule has 0 aliphatic heterocycles. The monoisotopic (exact) mass is 236 g/mol. The van der Waals surface area contributed by atoms with Gasteiger partial charge in [-0.3, -0.25) is 0 Å². The van der Waals surface area contributed by atoms with E-state index in [9.17, 15) is 0 Å². The van der Waals surface area contributed by atoms with Crippen LogP contribution in [0.2, 0.25) is 0 Å². The zero-order valence-corrected chi connectivity index (χ0v) is 12.8. The summed E-state index contributed by atoms with van der Waals surface area (Å²) in [7, 11) is 0. The molecule has 0 spiro atoms. The second-order valence-electron chi connectivity index (χ2n) is 5.59. The van der Waals surface area contributed by atoms with Crippen molar-refractivity contribution in [2.45, 2.75) is 73.6 Å². The smallest absolute Gasteiger partial charge is 0.0288 e. The van der Waals surface area contributed by atoms with Gasteiger partial charge in [-0.15, -0.1) is 0 Å². The van der Waals surface area contributed by atoms with Crippen LogP contribution in [0.4, 0.5) is 0 Å². The van der Waals surface area contributed by atoms with Gasteiger partial charge in [-0.2, -0.15) is 0 Å². The maximum absolute atomic E-state index is 2.45. The lowest BCUT2D eigenvalue weighted by Gasteiger charge is -2.16. The molecule has 0 aromatic rings. The summed E-state index contributed by atoms with van der Waals surface area (Å²) in [5.74, 6) is 1.67. The van der Waals surface area contributed by atoms with Crippen LogP contribution in [-0.2, 0) is 0 Å². The summed E-state index contributed by atoms with van der Waals surface area (Å²) >= 11 is 0. The third-order valence-corrected chi connectivity index (χ3v) is 4.04. The first-order valence-electron chi connectivity index (χ1n) is 7.32. The molecule has 0 saturated carbocycles. The zero-order valence-electron chi connectivity index (χ0n) is 12.8. The fourth-order valence-electron chi connectivity index (χ4n) is 1.81. The van der Waals surface area contributed by atoms with Crippen molar-refractivity contribution in [3.05, 3.63) is 23.3 Å². The van der Waals surface area contributed by atoms with E-state index in [0.29, 0.717) is 0 Å². The van der Waals surface area contributed by atoms with Gasteiger partial charge in [0.25, 0.3) is 0 Å². The highest BCUT2D eigenvalue weighted by molar-refractivity contribution is 5.03. The molecule has 0 rings (SSSR count). The van der Waals surface area contributed by atoms with Crippen LogP contribution in [0.15, 0.2) is 23.3 Å². The van der Waals surface area contributed by atoms with E-state index in [0.717, 1.165) is 11.8 Å². The molecule has 0 N–H and O–H groups in total. The highest BCUT2D eigenvalue weighted by atomic mass is 14.1. The predicted molar refractivity (Wildman–Crippen MR) is 80.3 cm³/mol. The summed E-state index contributed by atoms with van der Waals surface area (Å²) in [4.78, 5) is 0. The normalized spacial score (nSPS) is 17.1. The molecule has 0 saturated heterocycles. The summed E-state index contributed by atoms with van der Waals surface area (Å²) in [6.07, 6.45) is 11.0. The van der Waals surface area contributed by atoms with Crippen LogP contribution in [-0.4, -0.2) is 0 Å². The van der Waals surface area contributed by atoms with Crippen LogP contribution in [0.25, 0.3) is 0 Å². The number of hydrogen-bond donors (Lipinski definition) is 0. The second kappa shape index (κ2) is 9.50.